The van der Waals surface area contributed by atoms with Gasteiger partial charge >= 0.3 is 0 Å². The van der Waals surface area contributed by atoms with E-state index >= 15 is 0 Å². The summed E-state index contributed by atoms with van der Waals surface area (Å²) < 4.78 is 5.68. The number of fused-ring (bicyclic) bond motifs is 1. The van der Waals surface area contributed by atoms with Crippen LogP contribution in [0, 0.1) is 6.92 Å². The molecule has 1 atom stereocenters. The Kier molecular flexibility index (Phi) is 5.65. The van der Waals surface area contributed by atoms with Crippen molar-refractivity contribution in [3.05, 3.63) is 89.9 Å². The molecular formula is C27H25N3O3. The number of furan rings is 1. The van der Waals surface area contributed by atoms with Crippen molar-refractivity contribution < 1.29 is 14.0 Å². The minimum absolute atomic E-state index is 0.0697. The molecule has 0 bridgehead atoms. The molecule has 1 aliphatic rings. The lowest BCUT2D eigenvalue weighted by molar-refractivity contribution is 0.0672. The maximum Gasteiger partial charge on any atom is 0.287 e. The van der Waals surface area contributed by atoms with Crippen molar-refractivity contribution in [2.24, 2.45) is 0 Å². The lowest BCUT2D eigenvalue weighted by atomic mass is 10.0. The van der Waals surface area contributed by atoms with Crippen molar-refractivity contribution in [2.45, 2.75) is 25.8 Å². The zero-order valence-electron chi connectivity index (χ0n) is 18.5. The Balaban J connectivity index is 1.28. The van der Waals surface area contributed by atoms with Crippen molar-refractivity contribution in [3.63, 3.8) is 0 Å². The van der Waals surface area contributed by atoms with Crippen molar-refractivity contribution in [1.29, 1.82) is 0 Å². The monoisotopic (exact) mass is 439 g/mol. The number of nitrogens with zero attached hydrogens (tertiary/aromatic N) is 2. The number of carbonyl (C=O) groups is 2. The number of carbonyl (C=O) groups excluding carboxylic acids is 2. The third-order valence-electron chi connectivity index (χ3n) is 6.03. The Morgan fingerprint density at radius 2 is 1.91 bits per heavy atom. The Hall–Kier alpha value is -3.93. The van der Waals surface area contributed by atoms with Gasteiger partial charge in [-0.2, -0.15) is 0 Å². The third-order valence-corrected chi connectivity index (χ3v) is 6.03. The topological polar surface area (TPSA) is 75.4 Å². The summed E-state index contributed by atoms with van der Waals surface area (Å²) in [5, 5.41) is 3.93. The molecule has 5 rings (SSSR count). The molecule has 6 nitrogen and oxygen atoms in total. The second-order valence-electron chi connectivity index (χ2n) is 8.54. The van der Waals surface area contributed by atoms with E-state index in [0.29, 0.717) is 24.2 Å². The van der Waals surface area contributed by atoms with E-state index < -0.39 is 0 Å². The van der Waals surface area contributed by atoms with E-state index in [1.54, 1.807) is 23.4 Å². The van der Waals surface area contributed by atoms with Crippen LogP contribution < -0.4 is 5.32 Å². The number of amides is 2. The van der Waals surface area contributed by atoms with Gasteiger partial charge < -0.3 is 14.6 Å². The van der Waals surface area contributed by atoms with Gasteiger partial charge in [-0.15, -0.1) is 0 Å². The van der Waals surface area contributed by atoms with Crippen LogP contribution in [0.3, 0.4) is 0 Å². The fourth-order valence-corrected chi connectivity index (χ4v) is 4.35. The van der Waals surface area contributed by atoms with E-state index in [-0.39, 0.29) is 23.6 Å². The molecule has 0 spiro atoms. The highest BCUT2D eigenvalue weighted by Crippen LogP contribution is 2.23. The summed E-state index contributed by atoms with van der Waals surface area (Å²) in [5.74, 6) is -0.0389. The summed E-state index contributed by atoms with van der Waals surface area (Å²) in [6.45, 7) is 3.16. The standard InChI is InChI=1S/C27H25N3O3/c1-18-6-4-8-19(12-18)21-13-22(16-28-15-21)27(32)30-11-5-9-23(17-30)29-26(31)25-14-20-7-2-3-10-24(20)33-25/h2-4,6-8,10,12-16,23H,5,9,11,17H2,1H3,(H,29,31). The van der Waals surface area contributed by atoms with E-state index in [4.69, 9.17) is 4.42 Å². The Morgan fingerprint density at radius 1 is 1.03 bits per heavy atom. The van der Waals surface area contributed by atoms with E-state index in [2.05, 4.69) is 16.4 Å². The molecule has 0 radical (unpaired) electrons. The SMILES string of the molecule is Cc1cccc(-c2cncc(C(=O)N3CCCC(NC(=O)c4cc5ccccc5o4)C3)c2)c1. The summed E-state index contributed by atoms with van der Waals surface area (Å²) in [7, 11) is 0. The van der Waals surface area contributed by atoms with Gasteiger partial charge in [0.2, 0.25) is 0 Å². The molecule has 2 aromatic heterocycles. The van der Waals surface area contributed by atoms with Crippen LogP contribution in [0.5, 0.6) is 0 Å². The highest BCUT2D eigenvalue weighted by molar-refractivity contribution is 5.97. The molecule has 2 aromatic carbocycles. The first kappa shape index (κ1) is 20.9. The summed E-state index contributed by atoms with van der Waals surface area (Å²) in [6, 6.07) is 19.2. The normalized spacial score (nSPS) is 16.0. The maximum absolute atomic E-state index is 13.2. The Labute approximate surface area is 192 Å². The van der Waals surface area contributed by atoms with Gasteiger partial charge in [-0.1, -0.05) is 48.0 Å². The lowest BCUT2D eigenvalue weighted by Crippen LogP contribution is -2.49. The minimum atomic E-state index is -0.256. The summed E-state index contributed by atoms with van der Waals surface area (Å²) in [6.07, 6.45) is 5.02. The molecule has 2 amide bonds. The minimum Gasteiger partial charge on any atom is -0.451 e. The molecule has 0 aliphatic carbocycles. The molecule has 0 saturated carbocycles. The fraction of sp³-hybridized carbons (Fsp3) is 0.222. The predicted molar refractivity (Wildman–Crippen MR) is 127 cm³/mol. The molecule has 3 heterocycles. The van der Waals surface area contributed by atoms with E-state index in [0.717, 1.165) is 34.9 Å². The maximum atomic E-state index is 13.2. The highest BCUT2D eigenvalue weighted by atomic mass is 16.3. The summed E-state index contributed by atoms with van der Waals surface area (Å²) in [4.78, 5) is 32.1. The van der Waals surface area contributed by atoms with Crippen LogP contribution in [-0.4, -0.2) is 40.8 Å². The van der Waals surface area contributed by atoms with Crippen LogP contribution >= 0.6 is 0 Å². The first-order chi connectivity index (χ1) is 16.1. The molecule has 1 aliphatic heterocycles. The molecule has 33 heavy (non-hydrogen) atoms. The molecule has 1 fully saturated rings. The van der Waals surface area contributed by atoms with Crippen molar-refractivity contribution in [1.82, 2.24) is 15.2 Å². The molecule has 166 valence electrons. The molecular weight excluding hydrogens is 414 g/mol. The predicted octanol–water partition coefficient (Wildman–Crippen LogP) is 4.84. The number of benzene rings is 2. The van der Waals surface area contributed by atoms with E-state index in [9.17, 15) is 9.59 Å². The summed E-state index contributed by atoms with van der Waals surface area (Å²) >= 11 is 0. The molecule has 1 N–H and O–H groups in total. The molecule has 1 saturated heterocycles. The van der Waals surface area contributed by atoms with Crippen LogP contribution in [0.25, 0.3) is 22.1 Å². The van der Waals surface area contributed by atoms with Crippen LogP contribution in [0.2, 0.25) is 0 Å². The van der Waals surface area contributed by atoms with E-state index in [1.807, 2.05) is 55.5 Å². The second kappa shape index (κ2) is 8.90. The zero-order chi connectivity index (χ0) is 22.8. The van der Waals surface area contributed by atoms with Gasteiger partial charge in [0.15, 0.2) is 5.76 Å². The smallest absolute Gasteiger partial charge is 0.287 e. The van der Waals surface area contributed by atoms with Gasteiger partial charge in [-0.25, -0.2) is 0 Å². The third kappa shape index (κ3) is 4.51. The number of rotatable bonds is 4. The van der Waals surface area contributed by atoms with E-state index in [1.165, 1.54) is 0 Å². The molecule has 4 aromatic rings. The van der Waals surface area contributed by atoms with Gasteiger partial charge in [-0.3, -0.25) is 14.6 Å². The first-order valence-electron chi connectivity index (χ1n) is 11.2. The Bertz CT molecular complexity index is 1290. The van der Waals surface area contributed by atoms with Crippen LogP contribution in [0.1, 0.15) is 39.3 Å². The molecule has 6 heteroatoms. The number of likely N-dealkylation sites (tertiary alicyclic amines) is 1. The van der Waals surface area contributed by atoms with Gasteiger partial charge in [0.25, 0.3) is 11.8 Å². The number of para-hydroxylation sites is 1. The van der Waals surface area contributed by atoms with Crippen molar-refractivity contribution in [2.75, 3.05) is 13.1 Å². The number of aryl methyl sites for hydroxylation is 1. The highest BCUT2D eigenvalue weighted by Gasteiger charge is 2.27. The fourth-order valence-electron chi connectivity index (χ4n) is 4.35. The lowest BCUT2D eigenvalue weighted by Gasteiger charge is -2.33. The van der Waals surface area contributed by atoms with Crippen LogP contribution in [0.15, 0.2) is 77.5 Å². The average Bonchev–Trinajstić information content (AvgIpc) is 3.28. The van der Waals surface area contributed by atoms with Crippen LogP contribution in [0.4, 0.5) is 0 Å². The second-order valence-corrected chi connectivity index (χ2v) is 8.54. The largest absolute Gasteiger partial charge is 0.451 e. The number of nitrogens with one attached hydrogen (secondary N) is 1. The first-order valence-corrected chi connectivity index (χ1v) is 11.2. The zero-order valence-corrected chi connectivity index (χ0v) is 18.5. The van der Waals surface area contributed by atoms with Crippen molar-refractivity contribution in [3.8, 4) is 11.1 Å². The number of piperidine rings is 1. The number of hydrogen-bond donors (Lipinski definition) is 1. The number of aromatic nitrogens is 1. The molecule has 1 unspecified atom stereocenters. The summed E-state index contributed by atoms with van der Waals surface area (Å²) in [5.41, 5.74) is 4.34. The van der Waals surface area contributed by atoms with Gasteiger partial charge in [0.1, 0.15) is 5.58 Å². The van der Waals surface area contributed by atoms with Gasteiger partial charge in [-0.05, 0) is 43.5 Å². The Morgan fingerprint density at radius 3 is 2.76 bits per heavy atom. The number of hydrogen-bond acceptors (Lipinski definition) is 4. The van der Waals surface area contributed by atoms with Gasteiger partial charge in [0.05, 0.1) is 5.56 Å². The average molecular weight is 440 g/mol. The van der Waals surface area contributed by atoms with Crippen molar-refractivity contribution >= 4 is 22.8 Å². The van der Waals surface area contributed by atoms with Crippen LogP contribution in [-0.2, 0) is 0 Å². The number of pyridine rings is 1. The van der Waals surface area contributed by atoms with Gasteiger partial charge in [0, 0.05) is 42.5 Å². The quantitative estimate of drug-likeness (QED) is 0.494.